The van der Waals surface area contributed by atoms with Gasteiger partial charge in [-0.1, -0.05) is 105 Å². The smallest absolute Gasteiger partial charge is 0.311 e. The molecule has 2 aromatic rings. The van der Waals surface area contributed by atoms with E-state index >= 15 is 0 Å². The van der Waals surface area contributed by atoms with Crippen LogP contribution in [-0.2, 0) is 62.1 Å². The molecule has 6 rings (SSSR count). The molecule has 4 heterocycles. The minimum absolute atomic E-state index is 0.0162. The summed E-state index contributed by atoms with van der Waals surface area (Å²) in [6, 6.07) is 17.2. The molecule has 4 fully saturated rings. The van der Waals surface area contributed by atoms with Crippen molar-refractivity contribution in [2.45, 2.75) is 244 Å². The average Bonchev–Trinajstić information content (AvgIpc) is 2.10. The molecule has 494 valence electrons. The first-order valence-corrected chi connectivity index (χ1v) is 38.4. The van der Waals surface area contributed by atoms with Gasteiger partial charge in [0, 0.05) is 37.7 Å². The first kappa shape index (κ1) is 74.4. The zero-order chi connectivity index (χ0) is 65.0. The van der Waals surface area contributed by atoms with Gasteiger partial charge < -0.3 is 43.1 Å². The summed E-state index contributed by atoms with van der Waals surface area (Å²) >= 11 is 0. The highest BCUT2D eigenvalue weighted by molar-refractivity contribution is 7.91. The van der Waals surface area contributed by atoms with Gasteiger partial charge >= 0.3 is 11.9 Å². The van der Waals surface area contributed by atoms with Crippen LogP contribution in [0, 0.1) is 52.3 Å². The number of aliphatic hydroxyl groups is 2. The lowest BCUT2D eigenvalue weighted by atomic mass is 9.82. The first-order valence-electron chi connectivity index (χ1n) is 32.2. The first-order chi connectivity index (χ1) is 40.3. The molecule has 4 aliphatic rings. The van der Waals surface area contributed by atoms with Gasteiger partial charge in [-0.15, -0.1) is 0 Å². The topological polar surface area (TPSA) is 207 Å². The standard InChI is InChI=1S/C38H64O7SSi.C31H48O8S/c1-26(24-43-47(11,12)38(8,9)10)21-33-29(4)32(25-46(40,41)31-18-14-13-15-19-31)35(45-33)23-34-28(3)27(2)22-30(44-34)17-16-20-42-36(39)37(5,6)7;1-20-15-24(11-10-14-37-30(34)31(4,5)6)38-28(21(20)2)17-29-26(22(3)27(39-29)16-23(33)18-32)19-40(35,36)25-12-8-7-9-13-25/h13-15,18-19,26-27,29-30,32-35H,3,16-17,20-25H2,1-2,4-12H3;7-9,12-13,20,22-24,26-29,32-33H,2,10-11,14-19H2,1,3-6H3/t26-,27+,29+,30-,32+,33+,34+,35?;20-,22-,23+,24+,26-,27-,28-,29?/m01/s1. The molecule has 0 amide bonds. The lowest BCUT2D eigenvalue weighted by Crippen LogP contribution is -2.42. The maximum Gasteiger partial charge on any atom is 0.311 e. The molecule has 4 saturated heterocycles. The van der Waals surface area contributed by atoms with E-state index in [0.717, 1.165) is 49.7 Å². The quantitative estimate of drug-likeness (QED) is 0.0389. The van der Waals surface area contributed by atoms with Crippen LogP contribution in [0.15, 0.2) is 94.8 Å². The molecule has 18 heteroatoms. The summed E-state index contributed by atoms with van der Waals surface area (Å²) in [6.45, 7) is 42.7. The van der Waals surface area contributed by atoms with E-state index in [2.05, 4.69) is 74.7 Å². The Morgan fingerprint density at radius 2 is 1.00 bits per heavy atom. The number of esters is 2. The van der Waals surface area contributed by atoms with Gasteiger partial charge in [0.05, 0.1) is 107 Å². The SMILES string of the molecule is C=C1[C@H](C)C[C@H](CCCOC(=O)C(C)(C)C)O[C@@H]1CC1O[C@H](C[C@H](C)CO[Si](C)(C)C(C)(C)C)[C@H](C)[C@H]1CS(=O)(=O)c1ccccc1.C=C1[C@H](C)C[C@H](CCCOC(=O)C(C)(C)C)O[C@@H]1CC1O[C@H](C[C@H](O)CO)[C@H](C)[C@H]1CS(=O)(=O)c1ccccc1. The van der Waals surface area contributed by atoms with E-state index in [0.29, 0.717) is 44.0 Å². The fourth-order valence-electron chi connectivity index (χ4n) is 12.0. The summed E-state index contributed by atoms with van der Waals surface area (Å²) in [5.41, 5.74) is 0.956. The van der Waals surface area contributed by atoms with Crippen molar-refractivity contribution in [1.82, 2.24) is 0 Å². The lowest BCUT2D eigenvalue weighted by Gasteiger charge is -2.38. The summed E-state index contributed by atoms with van der Waals surface area (Å²) in [5.74, 6) is -0.279. The van der Waals surface area contributed by atoms with Crippen LogP contribution in [0.4, 0.5) is 0 Å². The minimum Gasteiger partial charge on any atom is -0.465 e. The number of carbonyl (C=O) groups is 2. The normalized spacial score (nSPS) is 29.2. The second-order valence-corrected chi connectivity index (χ2v) is 38.5. The van der Waals surface area contributed by atoms with Crippen molar-refractivity contribution in [2.75, 3.05) is 37.9 Å². The summed E-state index contributed by atoms with van der Waals surface area (Å²) in [4.78, 5) is 24.9. The van der Waals surface area contributed by atoms with E-state index in [9.17, 15) is 36.6 Å². The van der Waals surface area contributed by atoms with Crippen LogP contribution in [-0.4, -0.2) is 140 Å². The monoisotopic (exact) mass is 1270 g/mol. The molecule has 4 aliphatic heterocycles. The number of ether oxygens (including phenoxy) is 6. The maximum atomic E-state index is 13.7. The molecule has 0 radical (unpaired) electrons. The number of sulfone groups is 2. The van der Waals surface area contributed by atoms with E-state index < -0.39 is 51.0 Å². The van der Waals surface area contributed by atoms with Gasteiger partial charge in [0.25, 0.3) is 0 Å². The van der Waals surface area contributed by atoms with Crippen molar-refractivity contribution in [2.24, 2.45) is 52.3 Å². The van der Waals surface area contributed by atoms with Gasteiger partial charge in [-0.25, -0.2) is 16.8 Å². The average molecular weight is 1270 g/mol. The van der Waals surface area contributed by atoms with Crippen molar-refractivity contribution < 1.29 is 69.5 Å². The van der Waals surface area contributed by atoms with Gasteiger partial charge in [0.1, 0.15) is 0 Å². The number of carbonyl (C=O) groups excluding carboxylic acids is 2. The summed E-state index contributed by atoms with van der Waals surface area (Å²) in [6.07, 6.45) is 4.09. The molecule has 0 aromatic heterocycles. The van der Waals surface area contributed by atoms with Crippen molar-refractivity contribution in [1.29, 1.82) is 0 Å². The van der Waals surface area contributed by atoms with Gasteiger partial charge in [-0.3, -0.25) is 9.59 Å². The number of aliphatic hydroxyl groups excluding tert-OH is 2. The van der Waals surface area contributed by atoms with E-state index in [4.69, 9.17) is 32.8 Å². The minimum atomic E-state index is -3.57. The predicted octanol–water partition coefficient (Wildman–Crippen LogP) is 13.0. The molecule has 2 N–H and O–H groups in total. The van der Waals surface area contributed by atoms with E-state index in [1.807, 2.05) is 54.5 Å². The van der Waals surface area contributed by atoms with E-state index in [1.54, 1.807) is 54.6 Å². The zero-order valence-corrected chi connectivity index (χ0v) is 58.4. The third-order valence-electron chi connectivity index (χ3n) is 19.1. The highest BCUT2D eigenvalue weighted by Gasteiger charge is 2.49. The maximum absolute atomic E-state index is 13.7. The van der Waals surface area contributed by atoms with Crippen molar-refractivity contribution >= 4 is 39.9 Å². The Labute approximate surface area is 525 Å². The van der Waals surface area contributed by atoms with Crippen molar-refractivity contribution in [3.63, 3.8) is 0 Å². The second-order valence-electron chi connectivity index (χ2n) is 29.6. The fraction of sp³-hybridized carbons (Fsp3) is 0.739. The molecule has 2 unspecified atom stereocenters. The Hall–Kier alpha value is -3.30. The molecular weight excluding hydrogens is 1160 g/mol. The van der Waals surface area contributed by atoms with Crippen LogP contribution in [0.2, 0.25) is 18.1 Å². The molecule has 0 saturated carbocycles. The zero-order valence-electron chi connectivity index (χ0n) is 55.8. The highest BCUT2D eigenvalue weighted by atomic mass is 32.2. The number of rotatable bonds is 26. The Balaban J connectivity index is 0.000000321. The number of hydrogen-bond acceptors (Lipinski definition) is 15. The Bertz CT molecular complexity index is 2730. The summed E-state index contributed by atoms with van der Waals surface area (Å²) in [5, 5.41) is 19.7. The van der Waals surface area contributed by atoms with Crippen LogP contribution >= 0.6 is 0 Å². The Morgan fingerprint density at radius 3 is 1.36 bits per heavy atom. The molecule has 0 aliphatic carbocycles. The number of hydrogen-bond donors (Lipinski definition) is 2. The summed E-state index contributed by atoms with van der Waals surface area (Å²) in [7, 11) is -8.98. The molecule has 0 spiro atoms. The van der Waals surface area contributed by atoms with Crippen LogP contribution < -0.4 is 0 Å². The van der Waals surface area contributed by atoms with Crippen LogP contribution in [0.1, 0.15) is 161 Å². The van der Waals surface area contributed by atoms with Gasteiger partial charge in [0.15, 0.2) is 28.0 Å². The third-order valence-corrected chi connectivity index (χ3v) is 27.2. The van der Waals surface area contributed by atoms with Gasteiger partial charge in [0.2, 0.25) is 0 Å². The van der Waals surface area contributed by atoms with Crippen LogP contribution in [0.5, 0.6) is 0 Å². The summed E-state index contributed by atoms with van der Waals surface area (Å²) < 4.78 is 97.9. The molecule has 2 aromatic carbocycles. The van der Waals surface area contributed by atoms with Crippen molar-refractivity contribution in [3.8, 4) is 0 Å². The van der Waals surface area contributed by atoms with E-state index in [-0.39, 0.29) is 131 Å². The number of benzene rings is 2. The third kappa shape index (κ3) is 21.7. The second kappa shape index (κ2) is 31.8. The highest BCUT2D eigenvalue weighted by Crippen LogP contribution is 2.45. The fourth-order valence-corrected chi connectivity index (χ4v) is 16.8. The van der Waals surface area contributed by atoms with Gasteiger partial charge in [-0.05, 0) is 170 Å². The molecular formula is C69H112O15S2Si. The Kier molecular flexibility index (Phi) is 27.2. The van der Waals surface area contributed by atoms with Crippen molar-refractivity contribution in [3.05, 3.63) is 85.0 Å². The molecule has 87 heavy (non-hydrogen) atoms. The van der Waals surface area contributed by atoms with Crippen LogP contribution in [0.25, 0.3) is 0 Å². The molecule has 16 atom stereocenters. The largest absolute Gasteiger partial charge is 0.465 e. The lowest BCUT2D eigenvalue weighted by molar-refractivity contribution is -0.154. The molecule has 15 nitrogen and oxygen atoms in total. The Morgan fingerprint density at radius 1 is 0.621 bits per heavy atom. The van der Waals surface area contributed by atoms with Crippen LogP contribution in [0.3, 0.4) is 0 Å². The molecule has 0 bridgehead atoms. The van der Waals surface area contributed by atoms with Gasteiger partial charge in [-0.2, -0.15) is 0 Å². The van der Waals surface area contributed by atoms with E-state index in [1.165, 1.54) is 0 Å². The predicted molar refractivity (Wildman–Crippen MR) is 346 cm³/mol.